The van der Waals surface area contributed by atoms with E-state index in [4.69, 9.17) is 9.84 Å². The number of methoxy groups -OCH3 is 1. The topological polar surface area (TPSA) is 78.8 Å². The van der Waals surface area contributed by atoms with Crippen LogP contribution in [0.5, 0.6) is 5.75 Å². The molecule has 0 heterocycles. The summed E-state index contributed by atoms with van der Waals surface area (Å²) in [4.78, 5) is 11.7. The van der Waals surface area contributed by atoms with Crippen LogP contribution in [0.1, 0.15) is 11.6 Å². The van der Waals surface area contributed by atoms with Gasteiger partial charge >= 0.3 is 0 Å². The standard InChI is InChI=1S/C17H19NO4/c1-22-14-9-7-13(8-10-14)18-16(17(21)15(20)11-19)12-5-3-2-4-6-12/h2-10,16-19,21H,11H2,1H3/t16-,17+/m1/s1. The smallest absolute Gasteiger partial charge is 0.188 e. The monoisotopic (exact) mass is 301 g/mol. The minimum absolute atomic E-state index is 0.630. The number of hydrogen-bond donors (Lipinski definition) is 3. The molecule has 2 aromatic carbocycles. The second kappa shape index (κ2) is 7.59. The number of hydrogen-bond acceptors (Lipinski definition) is 5. The molecule has 0 unspecified atom stereocenters. The van der Waals surface area contributed by atoms with Crippen LogP contribution >= 0.6 is 0 Å². The van der Waals surface area contributed by atoms with E-state index in [1.165, 1.54) is 0 Å². The molecule has 0 aliphatic carbocycles. The predicted octanol–water partition coefficient (Wildman–Crippen LogP) is 1.77. The summed E-state index contributed by atoms with van der Waals surface area (Å²) in [6.07, 6.45) is -1.34. The molecule has 2 atom stereocenters. The van der Waals surface area contributed by atoms with Crippen molar-refractivity contribution in [2.45, 2.75) is 12.1 Å². The van der Waals surface area contributed by atoms with E-state index in [-0.39, 0.29) is 0 Å². The zero-order chi connectivity index (χ0) is 15.9. The third-order valence-electron chi connectivity index (χ3n) is 3.37. The Morgan fingerprint density at radius 1 is 1.14 bits per heavy atom. The number of rotatable bonds is 7. The third kappa shape index (κ3) is 3.84. The van der Waals surface area contributed by atoms with E-state index in [0.29, 0.717) is 5.75 Å². The quantitative estimate of drug-likeness (QED) is 0.726. The first kappa shape index (κ1) is 16.0. The lowest BCUT2D eigenvalue weighted by atomic mass is 9.98. The highest BCUT2D eigenvalue weighted by Crippen LogP contribution is 2.24. The van der Waals surface area contributed by atoms with Crippen molar-refractivity contribution < 1.29 is 19.7 Å². The van der Waals surface area contributed by atoms with Gasteiger partial charge in [-0.25, -0.2) is 0 Å². The van der Waals surface area contributed by atoms with E-state index in [1.54, 1.807) is 31.4 Å². The summed E-state index contributed by atoms with van der Waals surface area (Å²) >= 11 is 0. The van der Waals surface area contributed by atoms with Crippen molar-refractivity contribution in [3.8, 4) is 5.75 Å². The number of nitrogens with one attached hydrogen (secondary N) is 1. The lowest BCUT2D eigenvalue weighted by Gasteiger charge is -2.24. The van der Waals surface area contributed by atoms with Crippen molar-refractivity contribution in [2.75, 3.05) is 19.0 Å². The molecule has 5 heteroatoms. The molecule has 3 N–H and O–H groups in total. The summed E-state index contributed by atoms with van der Waals surface area (Å²) in [7, 11) is 1.58. The molecule has 0 fully saturated rings. The summed E-state index contributed by atoms with van der Waals surface area (Å²) in [5.41, 5.74) is 1.49. The predicted molar refractivity (Wildman–Crippen MR) is 83.9 cm³/mol. The van der Waals surface area contributed by atoms with Gasteiger partial charge in [-0.2, -0.15) is 0 Å². The molecule has 2 rings (SSSR count). The van der Waals surface area contributed by atoms with Gasteiger partial charge in [0.1, 0.15) is 18.5 Å². The van der Waals surface area contributed by atoms with Gasteiger partial charge in [-0.3, -0.25) is 4.79 Å². The molecule has 0 aliphatic heterocycles. The zero-order valence-electron chi connectivity index (χ0n) is 12.3. The number of ketones is 1. The van der Waals surface area contributed by atoms with Gasteiger partial charge in [-0.1, -0.05) is 30.3 Å². The highest BCUT2D eigenvalue weighted by Gasteiger charge is 2.26. The van der Waals surface area contributed by atoms with Crippen LogP contribution in [0.15, 0.2) is 54.6 Å². The molecule has 116 valence electrons. The summed E-state index contributed by atoms with van der Waals surface area (Å²) in [5, 5.41) is 22.3. The fourth-order valence-electron chi connectivity index (χ4n) is 2.15. The molecule has 0 saturated heterocycles. The molecule has 0 spiro atoms. The highest BCUT2D eigenvalue weighted by molar-refractivity contribution is 5.85. The molecule has 0 aromatic heterocycles. The number of benzene rings is 2. The zero-order valence-corrected chi connectivity index (χ0v) is 12.3. The first-order valence-electron chi connectivity index (χ1n) is 6.93. The van der Waals surface area contributed by atoms with E-state index < -0.39 is 24.5 Å². The minimum atomic E-state index is -1.34. The first-order valence-corrected chi connectivity index (χ1v) is 6.93. The first-order chi connectivity index (χ1) is 10.7. The Hall–Kier alpha value is -2.37. The Morgan fingerprint density at radius 3 is 2.32 bits per heavy atom. The number of ether oxygens (including phenoxy) is 1. The van der Waals surface area contributed by atoms with Crippen molar-refractivity contribution in [1.29, 1.82) is 0 Å². The van der Waals surface area contributed by atoms with Gasteiger partial charge in [0, 0.05) is 5.69 Å². The molecule has 22 heavy (non-hydrogen) atoms. The highest BCUT2D eigenvalue weighted by atomic mass is 16.5. The van der Waals surface area contributed by atoms with Crippen molar-refractivity contribution in [3.05, 3.63) is 60.2 Å². The van der Waals surface area contributed by atoms with E-state index in [0.717, 1.165) is 11.3 Å². The maximum absolute atomic E-state index is 11.7. The summed E-state index contributed by atoms with van der Waals surface area (Å²) in [5.74, 6) is 0.0867. The van der Waals surface area contributed by atoms with Gasteiger partial charge in [0.15, 0.2) is 5.78 Å². The Kier molecular flexibility index (Phi) is 5.52. The molecule has 0 bridgehead atoms. The minimum Gasteiger partial charge on any atom is -0.497 e. The summed E-state index contributed by atoms with van der Waals surface area (Å²) in [6, 6.07) is 15.7. The SMILES string of the molecule is COc1ccc(N[C@H](c2ccccc2)[C@@H](O)C(=O)CO)cc1. The van der Waals surface area contributed by atoms with Gasteiger partial charge in [0.2, 0.25) is 0 Å². The van der Waals surface area contributed by atoms with Crippen molar-refractivity contribution in [1.82, 2.24) is 0 Å². The van der Waals surface area contributed by atoms with Crippen LogP contribution in [0.2, 0.25) is 0 Å². The molecule has 2 aromatic rings. The number of carbonyl (C=O) groups excluding carboxylic acids is 1. The van der Waals surface area contributed by atoms with Crippen LogP contribution in [0.25, 0.3) is 0 Å². The number of anilines is 1. The lowest BCUT2D eigenvalue weighted by molar-refractivity contribution is -0.130. The number of aliphatic hydroxyl groups is 2. The van der Waals surface area contributed by atoms with Gasteiger partial charge < -0.3 is 20.3 Å². The van der Waals surface area contributed by atoms with Crippen LogP contribution in [0.4, 0.5) is 5.69 Å². The molecule has 0 aliphatic rings. The molecular formula is C17H19NO4. The van der Waals surface area contributed by atoms with Crippen molar-refractivity contribution >= 4 is 11.5 Å². The van der Waals surface area contributed by atoms with E-state index >= 15 is 0 Å². The molecule has 5 nitrogen and oxygen atoms in total. The van der Waals surface area contributed by atoms with Crippen LogP contribution in [-0.2, 0) is 4.79 Å². The van der Waals surface area contributed by atoms with E-state index in [2.05, 4.69) is 5.32 Å². The molecule has 0 amide bonds. The van der Waals surface area contributed by atoms with Crippen LogP contribution < -0.4 is 10.1 Å². The average Bonchev–Trinajstić information content (AvgIpc) is 2.59. The lowest BCUT2D eigenvalue weighted by Crippen LogP contribution is -2.34. The van der Waals surface area contributed by atoms with Crippen molar-refractivity contribution in [2.24, 2.45) is 0 Å². The second-order valence-corrected chi connectivity index (χ2v) is 4.83. The van der Waals surface area contributed by atoms with Crippen molar-refractivity contribution in [3.63, 3.8) is 0 Å². The maximum Gasteiger partial charge on any atom is 0.188 e. The third-order valence-corrected chi connectivity index (χ3v) is 3.37. The van der Waals surface area contributed by atoms with Crippen LogP contribution in [-0.4, -0.2) is 35.8 Å². The normalized spacial score (nSPS) is 13.2. The number of carbonyl (C=O) groups is 1. The van der Waals surface area contributed by atoms with Gasteiger partial charge in [-0.05, 0) is 29.8 Å². The molecular weight excluding hydrogens is 282 g/mol. The fraction of sp³-hybridized carbons (Fsp3) is 0.235. The van der Waals surface area contributed by atoms with Gasteiger partial charge in [0.25, 0.3) is 0 Å². The number of Topliss-reactive ketones (excluding diaryl/α,β-unsaturated/α-hetero) is 1. The Bertz CT molecular complexity index is 598. The Labute approximate surface area is 129 Å². The summed E-state index contributed by atoms with van der Waals surface area (Å²) in [6.45, 7) is -0.700. The van der Waals surface area contributed by atoms with E-state index in [9.17, 15) is 9.90 Å². The van der Waals surface area contributed by atoms with Gasteiger partial charge in [-0.15, -0.1) is 0 Å². The Balaban J connectivity index is 2.25. The molecule has 0 saturated carbocycles. The summed E-state index contributed by atoms with van der Waals surface area (Å²) < 4.78 is 5.10. The maximum atomic E-state index is 11.7. The largest absolute Gasteiger partial charge is 0.497 e. The average molecular weight is 301 g/mol. The van der Waals surface area contributed by atoms with Gasteiger partial charge in [0.05, 0.1) is 13.2 Å². The van der Waals surface area contributed by atoms with Crippen LogP contribution in [0, 0.1) is 0 Å². The Morgan fingerprint density at radius 2 is 1.77 bits per heavy atom. The number of aliphatic hydroxyl groups excluding tert-OH is 2. The van der Waals surface area contributed by atoms with Crippen LogP contribution in [0.3, 0.4) is 0 Å². The fourth-order valence-corrected chi connectivity index (χ4v) is 2.15. The van der Waals surface area contributed by atoms with E-state index in [1.807, 2.05) is 30.3 Å². The molecule has 0 radical (unpaired) electrons. The second-order valence-electron chi connectivity index (χ2n) is 4.83.